The summed E-state index contributed by atoms with van der Waals surface area (Å²) in [4.78, 5) is 14.9. The molecule has 0 N–H and O–H groups in total. The van der Waals surface area contributed by atoms with Crippen LogP contribution < -0.4 is 0 Å². The number of hydrogen-bond donors (Lipinski definition) is 0. The van der Waals surface area contributed by atoms with E-state index in [0.717, 1.165) is 60.3 Å². The van der Waals surface area contributed by atoms with Crippen molar-refractivity contribution in [3.63, 3.8) is 0 Å². The summed E-state index contributed by atoms with van der Waals surface area (Å²) < 4.78 is 47.1. The molecule has 0 aliphatic heterocycles. The van der Waals surface area contributed by atoms with Crippen molar-refractivity contribution in [2.75, 3.05) is 0 Å². The molecule has 0 unspecified atom stereocenters. The molecule has 0 aliphatic rings. The molecule has 10 aromatic rings. The molecule has 0 fully saturated rings. The Morgan fingerprint density at radius 2 is 1.17 bits per heavy atom. The number of benzene rings is 7. The Balaban J connectivity index is 1.43. The molecule has 0 atom stereocenters. The summed E-state index contributed by atoms with van der Waals surface area (Å²) in [6.07, 6.45) is 0. The quantitative estimate of drug-likeness (QED) is 0.197. The molecular formula is C43H27N5. The smallest absolute Gasteiger partial charge is 0.238 e. The van der Waals surface area contributed by atoms with Crippen molar-refractivity contribution in [1.82, 2.24) is 23.9 Å². The van der Waals surface area contributed by atoms with E-state index < -0.39 is 18.1 Å². The molecule has 0 spiro atoms. The maximum Gasteiger partial charge on any atom is 0.238 e. The van der Waals surface area contributed by atoms with Crippen LogP contribution in [0.15, 0.2) is 164 Å². The summed E-state index contributed by atoms with van der Waals surface area (Å²) >= 11 is 0. The highest BCUT2D eigenvalue weighted by molar-refractivity contribution is 6.23. The lowest BCUT2D eigenvalue weighted by molar-refractivity contribution is 0.950. The predicted molar refractivity (Wildman–Crippen MR) is 196 cm³/mol. The molecule has 7 aromatic carbocycles. The van der Waals surface area contributed by atoms with Gasteiger partial charge >= 0.3 is 0 Å². The van der Waals surface area contributed by atoms with E-state index in [9.17, 15) is 0 Å². The predicted octanol–water partition coefficient (Wildman–Crippen LogP) is 10.5. The maximum atomic E-state index is 8.84. The van der Waals surface area contributed by atoms with Gasteiger partial charge in [-0.25, -0.2) is 4.98 Å². The Kier molecular flexibility index (Phi) is 4.81. The van der Waals surface area contributed by atoms with Gasteiger partial charge < -0.3 is 4.40 Å². The van der Waals surface area contributed by atoms with Gasteiger partial charge in [0.05, 0.1) is 34.4 Å². The first kappa shape index (κ1) is 22.0. The molecule has 0 radical (unpaired) electrons. The van der Waals surface area contributed by atoms with Crippen molar-refractivity contribution < 1.29 is 6.85 Å². The van der Waals surface area contributed by atoms with Gasteiger partial charge in [-0.15, -0.1) is 0 Å². The normalized spacial score (nSPS) is 13.2. The highest BCUT2D eigenvalue weighted by Crippen LogP contribution is 2.40. The van der Waals surface area contributed by atoms with Gasteiger partial charge in [-0.1, -0.05) is 139 Å². The van der Waals surface area contributed by atoms with Gasteiger partial charge in [-0.2, -0.15) is 9.97 Å². The third-order valence-corrected chi connectivity index (χ3v) is 9.04. The molecule has 5 heteroatoms. The van der Waals surface area contributed by atoms with Crippen molar-refractivity contribution in [2.24, 2.45) is 0 Å². The zero-order chi connectivity index (χ0) is 36.0. The van der Waals surface area contributed by atoms with Crippen molar-refractivity contribution in [3.05, 3.63) is 164 Å². The second-order valence-corrected chi connectivity index (χ2v) is 11.7. The molecule has 0 aliphatic carbocycles. The zero-order valence-corrected chi connectivity index (χ0v) is 25.4. The highest BCUT2D eigenvalue weighted by Gasteiger charge is 2.21. The van der Waals surface area contributed by atoms with E-state index in [-0.39, 0.29) is 29.4 Å². The first-order valence-corrected chi connectivity index (χ1v) is 15.7. The average Bonchev–Trinajstić information content (AvgIpc) is 3.48. The minimum absolute atomic E-state index is 0.0204. The summed E-state index contributed by atoms with van der Waals surface area (Å²) in [7, 11) is 0. The third-order valence-electron chi connectivity index (χ3n) is 9.04. The van der Waals surface area contributed by atoms with Crippen LogP contribution in [0.4, 0.5) is 0 Å². The van der Waals surface area contributed by atoms with Gasteiger partial charge in [0.2, 0.25) is 5.95 Å². The Hall–Kier alpha value is -6.59. The van der Waals surface area contributed by atoms with Crippen molar-refractivity contribution in [1.29, 1.82) is 0 Å². The van der Waals surface area contributed by atoms with Crippen LogP contribution in [-0.2, 0) is 0 Å². The summed E-state index contributed by atoms with van der Waals surface area (Å²) in [6.45, 7) is 0. The molecule has 224 valence electrons. The number of rotatable bonds is 4. The lowest BCUT2D eigenvalue weighted by Gasteiger charge is -2.14. The number of hydrogen-bond acceptors (Lipinski definition) is 3. The van der Waals surface area contributed by atoms with E-state index in [1.54, 1.807) is 0 Å². The Bertz CT molecular complexity index is 3090. The van der Waals surface area contributed by atoms with Gasteiger partial charge in [-0.3, -0.25) is 4.57 Å². The molecular weight excluding hydrogens is 587 g/mol. The average molecular weight is 619 g/mol. The van der Waals surface area contributed by atoms with Gasteiger partial charge in [0.1, 0.15) is 0 Å². The van der Waals surface area contributed by atoms with Crippen LogP contribution in [0.1, 0.15) is 6.85 Å². The third kappa shape index (κ3) is 4.01. The minimum atomic E-state index is -0.481. The lowest BCUT2D eigenvalue weighted by Crippen LogP contribution is -2.08. The monoisotopic (exact) mass is 618 g/mol. The second-order valence-electron chi connectivity index (χ2n) is 11.7. The van der Waals surface area contributed by atoms with E-state index >= 15 is 0 Å². The molecule has 10 rings (SSSR count). The second kappa shape index (κ2) is 10.5. The van der Waals surface area contributed by atoms with Crippen LogP contribution >= 0.6 is 0 Å². The molecule has 0 amide bonds. The van der Waals surface area contributed by atoms with Gasteiger partial charge in [0.15, 0.2) is 11.6 Å². The van der Waals surface area contributed by atoms with Gasteiger partial charge in [0, 0.05) is 27.3 Å². The molecule has 3 aromatic heterocycles. The Morgan fingerprint density at radius 3 is 1.98 bits per heavy atom. The fourth-order valence-electron chi connectivity index (χ4n) is 6.95. The van der Waals surface area contributed by atoms with Crippen LogP contribution in [0.5, 0.6) is 0 Å². The molecule has 0 saturated carbocycles. The molecule has 0 saturated heterocycles. The fraction of sp³-hybridized carbons (Fsp3) is 0. The standard InChI is InChI=1S/C43H27N5/c1-4-13-28(14-5-1)32-24-26-36-38(27-32)47-35-21-11-10-20-33(35)34-25-23-29-19-12-22-37(39(29)40(34)47)48(36)43-45-41(30-15-6-2-7-16-30)44-42(46-43)31-17-8-3-9-18-31/h1-27H/i2D,6D,7D,15D,16D. The van der Waals surface area contributed by atoms with E-state index in [1.165, 1.54) is 0 Å². The number of para-hydroxylation sites is 1. The van der Waals surface area contributed by atoms with Crippen LogP contribution in [0.25, 0.3) is 89.0 Å². The Labute approximate surface area is 283 Å². The van der Waals surface area contributed by atoms with E-state index in [1.807, 2.05) is 59.2 Å². The first-order chi connectivity index (χ1) is 25.9. The van der Waals surface area contributed by atoms with E-state index in [4.69, 9.17) is 21.8 Å². The van der Waals surface area contributed by atoms with Crippen LogP contribution in [0.3, 0.4) is 0 Å². The SMILES string of the molecule is [2H]c1c([2H])c([2H])c(-c2nc(-c3ccccc3)nc(-n3c4cccc5ccc6c7ccccc7n(c7cc(-c8ccccc8)ccc73)c6c54)n2)c([2H])c1[2H]. The van der Waals surface area contributed by atoms with E-state index in [0.29, 0.717) is 11.4 Å². The fourth-order valence-corrected chi connectivity index (χ4v) is 6.95. The van der Waals surface area contributed by atoms with Crippen LogP contribution in [0, 0.1) is 0 Å². The molecule has 0 bridgehead atoms. The summed E-state index contributed by atoms with van der Waals surface area (Å²) in [6, 6.07) is 42.8. The first-order valence-electron chi connectivity index (χ1n) is 18.2. The largest absolute Gasteiger partial charge is 0.306 e. The zero-order valence-electron chi connectivity index (χ0n) is 30.4. The Morgan fingerprint density at radius 1 is 0.458 bits per heavy atom. The molecule has 48 heavy (non-hydrogen) atoms. The summed E-state index contributed by atoms with van der Waals surface area (Å²) in [5.41, 5.74) is 7.36. The van der Waals surface area contributed by atoms with Crippen LogP contribution in [-0.4, -0.2) is 23.9 Å². The summed E-state index contributed by atoms with van der Waals surface area (Å²) in [5.74, 6) is 0.529. The van der Waals surface area contributed by atoms with Gasteiger partial charge in [0.25, 0.3) is 0 Å². The minimum Gasteiger partial charge on any atom is -0.306 e. The highest BCUT2D eigenvalue weighted by atomic mass is 15.2. The van der Waals surface area contributed by atoms with Crippen LogP contribution in [0.2, 0.25) is 0 Å². The lowest BCUT2D eigenvalue weighted by atomic mass is 10.0. The van der Waals surface area contributed by atoms with Crippen molar-refractivity contribution in [3.8, 4) is 39.9 Å². The topological polar surface area (TPSA) is 48.0 Å². The number of nitrogens with zero attached hydrogens (tertiary/aromatic N) is 5. The number of fused-ring (bicyclic) bond motifs is 5. The van der Waals surface area contributed by atoms with Crippen molar-refractivity contribution in [2.45, 2.75) is 0 Å². The van der Waals surface area contributed by atoms with E-state index in [2.05, 4.69) is 83.3 Å². The summed E-state index contributed by atoms with van der Waals surface area (Å²) in [5, 5.41) is 4.28. The van der Waals surface area contributed by atoms with Crippen molar-refractivity contribution >= 4 is 49.1 Å². The number of aromatic nitrogens is 5. The molecule has 3 heterocycles. The molecule has 5 nitrogen and oxygen atoms in total. The maximum absolute atomic E-state index is 8.84. The van der Waals surface area contributed by atoms with Gasteiger partial charge in [-0.05, 0) is 40.8 Å².